The summed E-state index contributed by atoms with van der Waals surface area (Å²) >= 11 is 0. The van der Waals surface area contributed by atoms with Crippen LogP contribution in [0.5, 0.6) is 0 Å². The lowest BCUT2D eigenvalue weighted by Gasteiger charge is -2.41. The van der Waals surface area contributed by atoms with Gasteiger partial charge in [-0.3, -0.25) is 9.59 Å². The van der Waals surface area contributed by atoms with Gasteiger partial charge in [-0.2, -0.15) is 0 Å². The average Bonchev–Trinajstić information content (AvgIpc) is 3.21. The molecule has 1 amide bonds. The van der Waals surface area contributed by atoms with Gasteiger partial charge < -0.3 is 45.1 Å². The average molecular weight is 1200 g/mol. The van der Waals surface area contributed by atoms with Crippen LogP contribution < -0.4 is 5.32 Å². The molecule has 11 nitrogen and oxygen atoms in total. The summed E-state index contributed by atoms with van der Waals surface area (Å²) in [4.78, 5) is 26.7. The molecule has 1 aliphatic rings. The number of nitrogens with one attached hydrogen (secondary N) is 1. The Labute approximate surface area is 523 Å². The Balaban J connectivity index is 2.56. The van der Waals surface area contributed by atoms with E-state index in [0.717, 1.165) is 70.6 Å². The monoisotopic (exact) mass is 1200 g/mol. The number of unbranched alkanes of at least 4 members (excludes halogenated alkanes) is 43. The van der Waals surface area contributed by atoms with E-state index in [-0.39, 0.29) is 19.4 Å². The van der Waals surface area contributed by atoms with Gasteiger partial charge in [-0.1, -0.05) is 307 Å². The van der Waals surface area contributed by atoms with Gasteiger partial charge in [-0.15, -0.1) is 0 Å². The Bertz CT molecular complexity index is 1570. The number of carbonyl (C=O) groups is 2. The maximum absolute atomic E-state index is 13.5. The molecular formula is C74H137NO10. The van der Waals surface area contributed by atoms with Crippen LogP contribution in [-0.2, 0) is 23.8 Å². The molecular weight excluding hydrogens is 1060 g/mol. The molecule has 8 unspecified atom stereocenters. The third-order valence-corrected chi connectivity index (χ3v) is 17.2. The van der Waals surface area contributed by atoms with Crippen LogP contribution in [0.2, 0.25) is 0 Å². The molecule has 0 aliphatic carbocycles. The summed E-state index contributed by atoms with van der Waals surface area (Å²) in [6, 6.07) is -1.03. The third kappa shape index (κ3) is 49.1. The maximum atomic E-state index is 13.5. The Morgan fingerprint density at radius 3 is 1.24 bits per heavy atom. The highest BCUT2D eigenvalue weighted by molar-refractivity contribution is 5.80. The molecule has 498 valence electrons. The van der Waals surface area contributed by atoms with Gasteiger partial charge in [0.1, 0.15) is 24.4 Å². The van der Waals surface area contributed by atoms with Gasteiger partial charge >= 0.3 is 5.97 Å². The number of ether oxygens (including phenoxy) is 3. The van der Waals surface area contributed by atoms with E-state index in [4.69, 9.17) is 14.2 Å². The molecule has 85 heavy (non-hydrogen) atoms. The molecule has 11 heteroatoms. The van der Waals surface area contributed by atoms with E-state index in [9.17, 15) is 35.1 Å². The second-order valence-electron chi connectivity index (χ2n) is 25.3. The summed E-state index contributed by atoms with van der Waals surface area (Å²) < 4.78 is 17.7. The number of carbonyl (C=O) groups excluding carboxylic acids is 2. The van der Waals surface area contributed by atoms with Crippen molar-refractivity contribution >= 4 is 11.9 Å². The van der Waals surface area contributed by atoms with Crippen molar-refractivity contribution in [2.45, 2.75) is 397 Å². The normalized spacial score (nSPS) is 18.6. The highest BCUT2D eigenvalue weighted by Gasteiger charge is 2.47. The van der Waals surface area contributed by atoms with Crippen LogP contribution in [0.15, 0.2) is 48.6 Å². The number of aliphatic hydroxyl groups excluding tert-OH is 5. The lowest BCUT2D eigenvalue weighted by atomic mass is 9.99. The van der Waals surface area contributed by atoms with E-state index in [1.54, 1.807) is 6.08 Å². The molecule has 1 rings (SSSR count). The zero-order valence-corrected chi connectivity index (χ0v) is 55.5. The molecule has 0 aromatic carbocycles. The van der Waals surface area contributed by atoms with Crippen LogP contribution in [0.4, 0.5) is 0 Å². The lowest BCUT2D eigenvalue weighted by Crippen LogP contribution is -2.61. The standard InChI is InChI=1S/C74H137NO10/c1-4-7-10-13-16-19-22-25-27-29-31-32-33-34-35-36-37-39-41-44-47-50-53-56-59-62-69(79)85-72-71(81)70(80)68(63-76)84-74(72)83-64-65(66(77)60-57-54-51-48-45-42-24-21-18-15-12-9-6-3)75-73(82)67(78)61-58-55-52-49-46-43-40-38-30-28-26-23-20-17-14-11-8-5-2/h17,20,25-28,57,60,65-68,70-72,74,76-78,80-81H,4-16,18-19,21-24,29-56,58-59,61-64H2,1-3H3,(H,75,82)/b20-17-,27-25+,28-26-,60-57+. The summed E-state index contributed by atoms with van der Waals surface area (Å²) in [6.45, 7) is 5.81. The van der Waals surface area contributed by atoms with Crippen molar-refractivity contribution in [1.29, 1.82) is 0 Å². The number of allylic oxidation sites excluding steroid dienone is 7. The Morgan fingerprint density at radius 1 is 0.459 bits per heavy atom. The second-order valence-corrected chi connectivity index (χ2v) is 25.3. The maximum Gasteiger partial charge on any atom is 0.306 e. The summed E-state index contributed by atoms with van der Waals surface area (Å²) in [5.74, 6) is -1.19. The lowest BCUT2D eigenvalue weighted by molar-refractivity contribution is -0.305. The largest absolute Gasteiger partial charge is 0.454 e. The molecule has 1 fully saturated rings. The van der Waals surface area contributed by atoms with Crippen LogP contribution in [0.1, 0.15) is 348 Å². The zero-order valence-electron chi connectivity index (χ0n) is 55.5. The minimum absolute atomic E-state index is 0.126. The molecule has 0 aromatic heterocycles. The van der Waals surface area contributed by atoms with Crippen molar-refractivity contribution in [3.05, 3.63) is 48.6 Å². The first-order chi connectivity index (χ1) is 41.7. The van der Waals surface area contributed by atoms with E-state index in [0.29, 0.717) is 12.8 Å². The van der Waals surface area contributed by atoms with E-state index in [2.05, 4.69) is 62.5 Å². The van der Waals surface area contributed by atoms with Crippen molar-refractivity contribution in [1.82, 2.24) is 5.32 Å². The SMILES string of the molecule is CCCCC/C=C\C/C=C\CCCCCCCCCCC(O)C(=O)NC(COC1OC(CO)C(O)C(O)C1OC(=O)CCCCCCCCCCCCCCCCC/C=C/CCCCCCCC)C(O)/C=C/CCCCCCCCCCCCC. The topological polar surface area (TPSA) is 175 Å². The molecule has 1 heterocycles. The molecule has 0 bridgehead atoms. The zero-order chi connectivity index (χ0) is 61.7. The van der Waals surface area contributed by atoms with Crippen molar-refractivity contribution < 1.29 is 49.3 Å². The molecule has 1 saturated heterocycles. The fraction of sp³-hybridized carbons (Fsp3) is 0.865. The molecule has 0 radical (unpaired) electrons. The van der Waals surface area contributed by atoms with Crippen LogP contribution in [-0.4, -0.2) is 99.6 Å². The van der Waals surface area contributed by atoms with Gasteiger partial charge in [0, 0.05) is 6.42 Å². The van der Waals surface area contributed by atoms with Crippen LogP contribution >= 0.6 is 0 Å². The number of aliphatic hydroxyl groups is 5. The Morgan fingerprint density at radius 2 is 0.812 bits per heavy atom. The van der Waals surface area contributed by atoms with Gasteiger partial charge in [0.15, 0.2) is 12.4 Å². The van der Waals surface area contributed by atoms with E-state index >= 15 is 0 Å². The number of rotatable bonds is 63. The fourth-order valence-electron chi connectivity index (χ4n) is 11.4. The van der Waals surface area contributed by atoms with Gasteiger partial charge in [0.2, 0.25) is 5.91 Å². The van der Waals surface area contributed by atoms with Crippen LogP contribution in [0, 0.1) is 0 Å². The fourth-order valence-corrected chi connectivity index (χ4v) is 11.4. The minimum Gasteiger partial charge on any atom is -0.454 e. The number of amides is 1. The van der Waals surface area contributed by atoms with E-state index < -0.39 is 67.4 Å². The second kappa shape index (κ2) is 61.8. The molecule has 8 atom stereocenters. The Kier molecular flexibility index (Phi) is 58.7. The molecule has 0 aromatic rings. The predicted octanol–water partition coefficient (Wildman–Crippen LogP) is 18.7. The molecule has 6 N–H and O–H groups in total. The number of hydrogen-bond donors (Lipinski definition) is 6. The third-order valence-electron chi connectivity index (χ3n) is 17.2. The first-order valence-electron chi connectivity index (χ1n) is 36.4. The van der Waals surface area contributed by atoms with Crippen molar-refractivity contribution in [2.75, 3.05) is 13.2 Å². The summed E-state index contributed by atoms with van der Waals surface area (Å²) in [7, 11) is 0. The molecule has 0 saturated carbocycles. The highest BCUT2D eigenvalue weighted by Crippen LogP contribution is 2.26. The quantitative estimate of drug-likeness (QED) is 0.0195. The van der Waals surface area contributed by atoms with Gasteiger partial charge in [-0.25, -0.2) is 0 Å². The number of esters is 1. The first-order valence-corrected chi connectivity index (χ1v) is 36.4. The first kappa shape index (κ1) is 80.6. The minimum atomic E-state index is -1.61. The van der Waals surface area contributed by atoms with Crippen molar-refractivity contribution in [3.63, 3.8) is 0 Å². The van der Waals surface area contributed by atoms with Crippen LogP contribution in [0.25, 0.3) is 0 Å². The summed E-state index contributed by atoms with van der Waals surface area (Å²) in [5, 5.41) is 57.3. The summed E-state index contributed by atoms with van der Waals surface area (Å²) in [6.07, 6.45) is 67.2. The van der Waals surface area contributed by atoms with Crippen molar-refractivity contribution in [3.8, 4) is 0 Å². The highest BCUT2D eigenvalue weighted by atomic mass is 16.7. The molecule has 0 spiro atoms. The van der Waals surface area contributed by atoms with Gasteiger partial charge in [-0.05, 0) is 83.5 Å². The smallest absolute Gasteiger partial charge is 0.306 e. The van der Waals surface area contributed by atoms with Crippen molar-refractivity contribution in [2.24, 2.45) is 0 Å². The Hall–Kier alpha value is -2.38. The van der Waals surface area contributed by atoms with Gasteiger partial charge in [0.05, 0.1) is 25.4 Å². The van der Waals surface area contributed by atoms with E-state index in [1.807, 2.05) is 6.08 Å². The number of hydrogen-bond acceptors (Lipinski definition) is 10. The van der Waals surface area contributed by atoms with Crippen LogP contribution in [0.3, 0.4) is 0 Å². The molecule has 1 aliphatic heterocycles. The van der Waals surface area contributed by atoms with E-state index in [1.165, 1.54) is 231 Å². The summed E-state index contributed by atoms with van der Waals surface area (Å²) in [5.41, 5.74) is 0. The predicted molar refractivity (Wildman–Crippen MR) is 357 cm³/mol. The van der Waals surface area contributed by atoms with Gasteiger partial charge in [0.25, 0.3) is 0 Å².